The molecule has 10 aromatic carbocycles. The zero-order valence-electron chi connectivity index (χ0n) is 28.9. The van der Waals surface area contributed by atoms with Gasteiger partial charge in [0.1, 0.15) is 0 Å². The maximum absolute atomic E-state index is 2.48. The first-order chi connectivity index (χ1) is 26.3. The van der Waals surface area contributed by atoms with E-state index in [0.29, 0.717) is 0 Å². The average Bonchev–Trinajstić information content (AvgIpc) is 3.61. The summed E-state index contributed by atoms with van der Waals surface area (Å²) >= 11 is 0.168. The monoisotopic (exact) mass is 736 g/mol. The van der Waals surface area contributed by atoms with Crippen LogP contribution in [0, 0.1) is 0 Å². The fourth-order valence-electron chi connectivity index (χ4n) is 8.84. The van der Waals surface area contributed by atoms with E-state index in [1.807, 2.05) is 0 Å². The normalized spacial score (nSPS) is 11.8. The number of fused-ring (bicyclic) bond motifs is 7. The van der Waals surface area contributed by atoms with Crippen molar-refractivity contribution in [3.05, 3.63) is 194 Å². The molecule has 0 nitrogen and oxygen atoms in total. The molecule has 11 aromatic rings. The third-order valence-electron chi connectivity index (χ3n) is 11.0. The van der Waals surface area contributed by atoms with Crippen LogP contribution in [0.1, 0.15) is 0 Å². The second-order valence-corrected chi connectivity index (χ2v) is 16.1. The van der Waals surface area contributed by atoms with Crippen molar-refractivity contribution >= 4 is 76.9 Å². The molecule has 0 unspecified atom stereocenters. The van der Waals surface area contributed by atoms with Gasteiger partial charge in [-0.25, -0.2) is 0 Å². The van der Waals surface area contributed by atoms with E-state index in [4.69, 9.17) is 0 Å². The molecular weight excluding hydrogens is 704 g/mol. The van der Waals surface area contributed by atoms with Gasteiger partial charge in [-0.05, 0) is 0 Å². The van der Waals surface area contributed by atoms with Crippen molar-refractivity contribution in [1.82, 2.24) is 0 Å². The topological polar surface area (TPSA) is 0 Å². The minimum absolute atomic E-state index is 0.168. The van der Waals surface area contributed by atoms with E-state index in [9.17, 15) is 0 Å². The molecule has 1 heterocycles. The van der Waals surface area contributed by atoms with Crippen molar-refractivity contribution in [1.29, 1.82) is 0 Å². The van der Waals surface area contributed by atoms with Crippen molar-refractivity contribution in [2.45, 2.75) is 0 Å². The molecule has 11 rings (SSSR count). The van der Waals surface area contributed by atoms with Gasteiger partial charge in [0.2, 0.25) is 0 Å². The summed E-state index contributed by atoms with van der Waals surface area (Å²) in [6, 6.07) is 72.0. The standard InChI is InChI=1S/C52H32Se/c1-3-16-33(17-4-1)48-36-20-7-9-22-38(36)50(39-23-10-8-21-37(39)48)35-30-31-47-46(32-35)44-28-15-29-45(52(44)53-47)51-42-26-13-11-24-40(42)49(34-18-5-2-6-19-34)41-25-12-14-27-43(41)51/h1-32H. The molecule has 0 radical (unpaired) electrons. The van der Waals surface area contributed by atoms with Gasteiger partial charge in [0.25, 0.3) is 0 Å². The molecule has 0 N–H and O–H groups in total. The van der Waals surface area contributed by atoms with Crippen LogP contribution >= 0.6 is 0 Å². The van der Waals surface area contributed by atoms with Crippen LogP contribution in [0.15, 0.2) is 194 Å². The van der Waals surface area contributed by atoms with Gasteiger partial charge in [0.15, 0.2) is 0 Å². The molecule has 0 aliphatic carbocycles. The molecule has 0 amide bonds. The third kappa shape index (κ3) is 4.69. The van der Waals surface area contributed by atoms with Gasteiger partial charge >= 0.3 is 316 Å². The van der Waals surface area contributed by atoms with Crippen LogP contribution < -0.4 is 0 Å². The van der Waals surface area contributed by atoms with E-state index in [1.165, 1.54) is 107 Å². The summed E-state index contributed by atoms with van der Waals surface area (Å²) in [4.78, 5) is 0. The molecule has 0 saturated carbocycles. The number of hydrogen-bond acceptors (Lipinski definition) is 0. The van der Waals surface area contributed by atoms with E-state index in [0.717, 1.165) is 0 Å². The minimum atomic E-state index is 0.168. The van der Waals surface area contributed by atoms with Crippen molar-refractivity contribution in [3.8, 4) is 44.5 Å². The molecule has 0 aliphatic heterocycles. The molecule has 0 fully saturated rings. The van der Waals surface area contributed by atoms with Crippen molar-refractivity contribution in [2.24, 2.45) is 0 Å². The Kier molecular flexibility index (Phi) is 6.98. The van der Waals surface area contributed by atoms with Gasteiger partial charge in [-0.15, -0.1) is 0 Å². The first-order valence-electron chi connectivity index (χ1n) is 18.3. The zero-order valence-corrected chi connectivity index (χ0v) is 30.6. The Balaban J connectivity index is 1.18. The van der Waals surface area contributed by atoms with Crippen LogP contribution in [0.25, 0.3) is 107 Å². The Morgan fingerprint density at radius 1 is 0.245 bits per heavy atom. The summed E-state index contributed by atoms with van der Waals surface area (Å²) in [5, 5.41) is 13.1. The number of benzene rings is 10. The van der Waals surface area contributed by atoms with Gasteiger partial charge in [0.05, 0.1) is 0 Å². The second kappa shape index (κ2) is 12.2. The van der Waals surface area contributed by atoms with Crippen molar-refractivity contribution in [2.75, 3.05) is 0 Å². The van der Waals surface area contributed by atoms with Crippen molar-refractivity contribution < 1.29 is 0 Å². The van der Waals surface area contributed by atoms with Crippen LogP contribution in [-0.2, 0) is 0 Å². The second-order valence-electron chi connectivity index (χ2n) is 13.9. The number of rotatable bonds is 4. The average molecular weight is 736 g/mol. The molecule has 1 aromatic heterocycles. The van der Waals surface area contributed by atoms with E-state index in [-0.39, 0.29) is 14.5 Å². The summed E-state index contributed by atoms with van der Waals surface area (Å²) in [5.41, 5.74) is 10.4. The van der Waals surface area contributed by atoms with Crippen LogP contribution in [0.5, 0.6) is 0 Å². The predicted molar refractivity (Wildman–Crippen MR) is 230 cm³/mol. The van der Waals surface area contributed by atoms with E-state index in [2.05, 4.69) is 194 Å². The van der Waals surface area contributed by atoms with E-state index in [1.54, 1.807) is 0 Å². The fraction of sp³-hybridized carbons (Fsp3) is 0. The molecule has 0 aliphatic rings. The maximum atomic E-state index is 2.48. The molecule has 0 bridgehead atoms. The Hall–Kier alpha value is -6.24. The van der Waals surface area contributed by atoms with Crippen LogP contribution in [-0.4, -0.2) is 14.5 Å². The van der Waals surface area contributed by atoms with Crippen LogP contribution in [0.4, 0.5) is 0 Å². The summed E-state index contributed by atoms with van der Waals surface area (Å²) in [6.07, 6.45) is 0. The molecule has 53 heavy (non-hydrogen) atoms. The third-order valence-corrected chi connectivity index (χ3v) is 13.6. The molecule has 1 heteroatoms. The van der Waals surface area contributed by atoms with Gasteiger partial charge < -0.3 is 0 Å². The summed E-state index contributed by atoms with van der Waals surface area (Å²) in [7, 11) is 0. The van der Waals surface area contributed by atoms with Gasteiger partial charge in [0, 0.05) is 0 Å². The predicted octanol–water partition coefficient (Wildman–Crippen LogP) is 14.3. The fourth-order valence-corrected chi connectivity index (χ4v) is 11.4. The SMILES string of the molecule is c1ccc(-c2c3ccccc3c(-c3ccc4[se]c5c(-c6c7ccccc7c(-c7ccccc7)c7ccccc67)cccc5c4c3)c3ccccc23)cc1. The summed E-state index contributed by atoms with van der Waals surface area (Å²) in [6.45, 7) is 0. The Bertz CT molecular complexity index is 3090. The Morgan fingerprint density at radius 2 is 0.623 bits per heavy atom. The van der Waals surface area contributed by atoms with Gasteiger partial charge in [-0.3, -0.25) is 0 Å². The zero-order chi connectivity index (χ0) is 34.9. The molecule has 246 valence electrons. The molecule has 0 saturated heterocycles. The van der Waals surface area contributed by atoms with E-state index < -0.39 is 0 Å². The van der Waals surface area contributed by atoms with E-state index >= 15 is 0 Å². The number of hydrogen-bond donors (Lipinski definition) is 0. The van der Waals surface area contributed by atoms with Crippen LogP contribution in [0.2, 0.25) is 0 Å². The summed E-state index contributed by atoms with van der Waals surface area (Å²) in [5.74, 6) is 0. The quantitative estimate of drug-likeness (QED) is 0.125. The first-order valence-corrected chi connectivity index (χ1v) is 20.0. The first kappa shape index (κ1) is 30.4. The Labute approximate surface area is 314 Å². The van der Waals surface area contributed by atoms with Gasteiger partial charge in [-0.2, -0.15) is 0 Å². The Morgan fingerprint density at radius 3 is 1.08 bits per heavy atom. The summed E-state index contributed by atoms with van der Waals surface area (Å²) < 4.78 is 2.93. The molecule has 0 spiro atoms. The molecule has 0 atom stereocenters. The van der Waals surface area contributed by atoms with Gasteiger partial charge in [-0.1, -0.05) is 0 Å². The van der Waals surface area contributed by atoms with Crippen molar-refractivity contribution in [3.63, 3.8) is 0 Å². The van der Waals surface area contributed by atoms with Crippen LogP contribution in [0.3, 0.4) is 0 Å². The molecular formula is C52H32Se.